The monoisotopic (exact) mass is 254 g/mol. The third-order valence-corrected chi connectivity index (χ3v) is 2.81. The van der Waals surface area contributed by atoms with Crippen LogP contribution in [0.5, 0.6) is 40.2 Å². The minimum absolute atomic E-state index is 0.0802. The van der Waals surface area contributed by atoms with Gasteiger partial charge in [-0.25, -0.2) is 0 Å². The predicted octanol–water partition coefficient (Wildman–Crippen LogP) is 1.09. The lowest BCUT2D eigenvalue weighted by molar-refractivity contribution is 0.346. The van der Waals surface area contributed by atoms with Crippen molar-refractivity contribution in [3.8, 4) is 40.2 Å². The van der Waals surface area contributed by atoms with Gasteiger partial charge in [0.15, 0.2) is 23.0 Å². The zero-order valence-corrected chi connectivity index (χ0v) is 9.13. The van der Waals surface area contributed by atoms with Crippen LogP contribution in [0.25, 0.3) is 10.8 Å². The van der Waals surface area contributed by atoms with E-state index in [1.165, 1.54) is 6.92 Å². The van der Waals surface area contributed by atoms with Gasteiger partial charge < -0.3 is 35.7 Å². The van der Waals surface area contributed by atoms with Crippen molar-refractivity contribution in [1.82, 2.24) is 0 Å². The molecule has 0 saturated carbocycles. The maximum atomic E-state index is 9.66. The molecule has 0 amide bonds. The van der Waals surface area contributed by atoms with E-state index in [1.807, 2.05) is 0 Å². The molecule has 7 heteroatoms. The average molecular weight is 254 g/mol. The third kappa shape index (κ3) is 1.18. The quantitative estimate of drug-likeness (QED) is 0.275. The van der Waals surface area contributed by atoms with Crippen LogP contribution in [-0.2, 0) is 0 Å². The van der Waals surface area contributed by atoms with Gasteiger partial charge in [0.1, 0.15) is 0 Å². The molecule has 0 aliphatic carbocycles. The summed E-state index contributed by atoms with van der Waals surface area (Å²) in [6, 6.07) is 0. The Kier molecular flexibility index (Phi) is 2.22. The lowest BCUT2D eigenvalue weighted by atomic mass is 9.99. The first-order valence-electron chi connectivity index (χ1n) is 4.82. The molecule has 7 nitrogen and oxygen atoms in total. The van der Waals surface area contributed by atoms with Crippen LogP contribution in [0.2, 0.25) is 0 Å². The smallest absolute Gasteiger partial charge is 0.205 e. The summed E-state index contributed by atoms with van der Waals surface area (Å²) in [4.78, 5) is 0. The highest BCUT2D eigenvalue weighted by atomic mass is 16.3. The fourth-order valence-corrected chi connectivity index (χ4v) is 1.82. The summed E-state index contributed by atoms with van der Waals surface area (Å²) in [7, 11) is 0. The van der Waals surface area contributed by atoms with E-state index in [4.69, 9.17) is 0 Å². The van der Waals surface area contributed by atoms with Crippen molar-refractivity contribution in [2.24, 2.45) is 0 Å². The van der Waals surface area contributed by atoms with Gasteiger partial charge in [-0.1, -0.05) is 0 Å². The van der Waals surface area contributed by atoms with Crippen molar-refractivity contribution in [2.45, 2.75) is 6.92 Å². The number of aryl methyl sites for hydroxylation is 1. The summed E-state index contributed by atoms with van der Waals surface area (Å²) >= 11 is 0. The second-order valence-corrected chi connectivity index (χ2v) is 3.82. The third-order valence-electron chi connectivity index (χ3n) is 2.81. The molecule has 0 radical (unpaired) electrons. The normalized spacial score (nSPS) is 10.9. The molecule has 0 bridgehead atoms. The summed E-state index contributed by atoms with van der Waals surface area (Å²) in [5.74, 6) is -6.32. The molecule has 0 aliphatic heterocycles. The van der Waals surface area contributed by atoms with Crippen LogP contribution in [0.1, 0.15) is 5.56 Å². The number of benzene rings is 2. The topological polar surface area (TPSA) is 142 Å². The largest absolute Gasteiger partial charge is 0.504 e. The van der Waals surface area contributed by atoms with Crippen LogP contribution in [0.4, 0.5) is 0 Å². The summed E-state index contributed by atoms with van der Waals surface area (Å²) in [6.45, 7) is 1.28. The fourth-order valence-electron chi connectivity index (χ4n) is 1.82. The molecule has 7 N–H and O–H groups in total. The van der Waals surface area contributed by atoms with Gasteiger partial charge >= 0.3 is 0 Å². The van der Waals surface area contributed by atoms with Gasteiger partial charge in [0, 0.05) is 10.9 Å². The lowest BCUT2D eigenvalue weighted by Crippen LogP contribution is -1.86. The van der Waals surface area contributed by atoms with Gasteiger partial charge in [-0.3, -0.25) is 0 Å². The van der Waals surface area contributed by atoms with Gasteiger partial charge in [0.25, 0.3) is 0 Å². The van der Waals surface area contributed by atoms with Crippen LogP contribution < -0.4 is 0 Å². The van der Waals surface area contributed by atoms with E-state index in [1.54, 1.807) is 0 Å². The minimum Gasteiger partial charge on any atom is -0.504 e. The standard InChI is InChI=1S/C11H10O7/c1-2-3-4(7(14)9(16)5(2)12)8(15)11(18)10(17)6(3)13/h12-18H,1H3. The Balaban J connectivity index is 3.22. The number of fused-ring (bicyclic) bond motifs is 1. The van der Waals surface area contributed by atoms with Crippen LogP contribution >= 0.6 is 0 Å². The molecule has 2 aromatic carbocycles. The van der Waals surface area contributed by atoms with Crippen LogP contribution in [0, 0.1) is 6.92 Å². The van der Waals surface area contributed by atoms with E-state index in [2.05, 4.69) is 0 Å². The summed E-state index contributed by atoms with van der Waals surface area (Å²) in [5, 5.41) is 65.8. The molecule has 0 unspecified atom stereocenters. The molecular weight excluding hydrogens is 244 g/mol. The Hall–Kier alpha value is -2.70. The first-order valence-corrected chi connectivity index (χ1v) is 4.82. The molecule has 2 aromatic rings. The Morgan fingerprint density at radius 2 is 0.778 bits per heavy atom. The zero-order chi connectivity index (χ0) is 13.8. The number of rotatable bonds is 0. The van der Waals surface area contributed by atoms with Gasteiger partial charge in [-0.05, 0) is 6.92 Å². The average Bonchev–Trinajstić information content (AvgIpc) is 2.35. The number of hydrogen-bond donors (Lipinski definition) is 7. The van der Waals surface area contributed by atoms with E-state index in [-0.39, 0.29) is 10.9 Å². The van der Waals surface area contributed by atoms with Gasteiger partial charge in [-0.2, -0.15) is 0 Å². The number of phenolic OH excluding ortho intramolecular Hbond substituents is 7. The van der Waals surface area contributed by atoms with Gasteiger partial charge in [0.05, 0.1) is 5.39 Å². The lowest BCUT2D eigenvalue weighted by Gasteiger charge is -2.14. The zero-order valence-electron chi connectivity index (χ0n) is 9.13. The van der Waals surface area contributed by atoms with E-state index >= 15 is 0 Å². The molecular formula is C11H10O7. The minimum atomic E-state index is -1.04. The highest BCUT2D eigenvalue weighted by molar-refractivity contribution is 6.06. The highest BCUT2D eigenvalue weighted by Crippen LogP contribution is 2.56. The molecule has 0 aliphatic rings. The Morgan fingerprint density at radius 1 is 0.444 bits per heavy atom. The number of hydrogen-bond acceptors (Lipinski definition) is 7. The number of phenols is 7. The van der Waals surface area contributed by atoms with Crippen molar-refractivity contribution in [3.05, 3.63) is 5.56 Å². The first kappa shape index (κ1) is 11.8. The van der Waals surface area contributed by atoms with Crippen LogP contribution in [0.15, 0.2) is 0 Å². The molecule has 2 rings (SSSR count). The highest BCUT2D eigenvalue weighted by Gasteiger charge is 2.26. The second kappa shape index (κ2) is 3.39. The van der Waals surface area contributed by atoms with Crippen molar-refractivity contribution in [2.75, 3.05) is 0 Å². The van der Waals surface area contributed by atoms with Crippen molar-refractivity contribution < 1.29 is 35.7 Å². The summed E-state index contributed by atoms with van der Waals surface area (Å²) in [5.41, 5.74) is -0.0802. The maximum Gasteiger partial charge on any atom is 0.205 e. The molecule has 18 heavy (non-hydrogen) atoms. The second-order valence-electron chi connectivity index (χ2n) is 3.82. The first-order chi connectivity index (χ1) is 8.29. The number of aromatic hydroxyl groups is 7. The van der Waals surface area contributed by atoms with E-state index < -0.39 is 45.6 Å². The van der Waals surface area contributed by atoms with E-state index in [0.717, 1.165) is 0 Å². The Morgan fingerprint density at radius 3 is 1.22 bits per heavy atom. The molecule has 0 atom stereocenters. The summed E-state index contributed by atoms with van der Waals surface area (Å²) < 4.78 is 0. The molecule has 0 heterocycles. The van der Waals surface area contributed by atoms with Crippen LogP contribution in [0.3, 0.4) is 0 Å². The Bertz CT molecular complexity index is 562. The predicted molar refractivity (Wildman–Crippen MR) is 60.3 cm³/mol. The van der Waals surface area contributed by atoms with Crippen LogP contribution in [-0.4, -0.2) is 35.7 Å². The van der Waals surface area contributed by atoms with Crippen molar-refractivity contribution >= 4 is 10.8 Å². The van der Waals surface area contributed by atoms with E-state index in [0.29, 0.717) is 0 Å². The van der Waals surface area contributed by atoms with Crippen molar-refractivity contribution in [1.29, 1.82) is 0 Å². The molecule has 96 valence electrons. The molecule has 0 saturated heterocycles. The van der Waals surface area contributed by atoms with E-state index in [9.17, 15) is 35.7 Å². The molecule has 0 fully saturated rings. The fraction of sp³-hybridized carbons (Fsp3) is 0.0909. The molecule has 0 aromatic heterocycles. The summed E-state index contributed by atoms with van der Waals surface area (Å²) in [6.07, 6.45) is 0. The van der Waals surface area contributed by atoms with Gasteiger partial charge in [-0.15, -0.1) is 0 Å². The SMILES string of the molecule is Cc1c(O)c(O)c(O)c2c(O)c(O)c(O)c(O)c12. The van der Waals surface area contributed by atoms with Crippen molar-refractivity contribution in [3.63, 3.8) is 0 Å². The molecule has 0 spiro atoms. The van der Waals surface area contributed by atoms with Gasteiger partial charge in [0.2, 0.25) is 17.2 Å². The maximum absolute atomic E-state index is 9.66. The Labute approximate surface area is 100 Å².